The molecule has 29 heavy (non-hydrogen) atoms. The first-order valence-electron chi connectivity index (χ1n) is 9.16. The van der Waals surface area contributed by atoms with Crippen LogP contribution < -0.4 is 9.62 Å². The number of halogens is 1. The van der Waals surface area contributed by atoms with Crippen molar-refractivity contribution in [1.82, 2.24) is 0 Å². The van der Waals surface area contributed by atoms with Gasteiger partial charge in [0.2, 0.25) is 0 Å². The van der Waals surface area contributed by atoms with Gasteiger partial charge < -0.3 is 5.32 Å². The fraction of sp³-hybridized carbons (Fsp3) is 0.136. The number of carbonyl (C=O) groups excluding carboxylic acids is 1. The molecule has 1 heterocycles. The summed E-state index contributed by atoms with van der Waals surface area (Å²) in [5.41, 5.74) is 2.64. The van der Waals surface area contributed by atoms with Crippen LogP contribution in [0.4, 0.5) is 11.4 Å². The molecule has 148 valence electrons. The summed E-state index contributed by atoms with van der Waals surface area (Å²) >= 11 is 3.42. The molecule has 0 aromatic heterocycles. The highest BCUT2D eigenvalue weighted by atomic mass is 79.9. The Balaban J connectivity index is 1.65. The van der Waals surface area contributed by atoms with Gasteiger partial charge in [-0.05, 0) is 77.3 Å². The number of fused-ring (bicyclic) bond motifs is 1. The summed E-state index contributed by atoms with van der Waals surface area (Å²) in [5, 5.41) is 2.88. The lowest BCUT2D eigenvalue weighted by Crippen LogP contribution is -2.35. The first kappa shape index (κ1) is 19.7. The van der Waals surface area contributed by atoms with E-state index in [2.05, 4.69) is 21.2 Å². The normalized spacial score (nSPS) is 15.8. The molecule has 0 unspecified atom stereocenters. The molecule has 0 saturated heterocycles. The standard InChI is InChI=1S/C22H19BrN2O3S/c1-15-13-17-14-16(22(26)24-20-10-6-5-9-19(20)23)11-12-21(17)25(15)29(27,28)18-7-3-2-4-8-18/h2-12,14-15H,13H2,1H3,(H,24,26)/t15-/m0/s1. The molecule has 0 aliphatic carbocycles. The average molecular weight is 471 g/mol. The van der Waals surface area contributed by atoms with Crippen LogP contribution in [0, 0.1) is 0 Å². The van der Waals surface area contributed by atoms with Crippen LogP contribution in [0.1, 0.15) is 22.8 Å². The molecule has 0 fully saturated rings. The van der Waals surface area contributed by atoms with Gasteiger partial charge in [-0.1, -0.05) is 30.3 Å². The van der Waals surface area contributed by atoms with Crippen molar-refractivity contribution in [3.63, 3.8) is 0 Å². The molecule has 0 saturated carbocycles. The Morgan fingerprint density at radius 1 is 1.03 bits per heavy atom. The average Bonchev–Trinajstić information content (AvgIpc) is 3.06. The van der Waals surface area contributed by atoms with E-state index in [-0.39, 0.29) is 16.8 Å². The number of carbonyl (C=O) groups is 1. The highest BCUT2D eigenvalue weighted by Gasteiger charge is 2.36. The number of rotatable bonds is 4. The van der Waals surface area contributed by atoms with Crippen LogP contribution in [-0.2, 0) is 16.4 Å². The van der Waals surface area contributed by atoms with Crippen LogP contribution >= 0.6 is 15.9 Å². The largest absolute Gasteiger partial charge is 0.321 e. The molecule has 3 aromatic carbocycles. The lowest BCUT2D eigenvalue weighted by molar-refractivity contribution is 0.102. The van der Waals surface area contributed by atoms with E-state index in [9.17, 15) is 13.2 Å². The molecule has 1 amide bonds. The van der Waals surface area contributed by atoms with Crippen molar-refractivity contribution in [3.05, 3.63) is 88.4 Å². The second-order valence-electron chi connectivity index (χ2n) is 6.94. The monoisotopic (exact) mass is 470 g/mol. The smallest absolute Gasteiger partial charge is 0.264 e. The summed E-state index contributed by atoms with van der Waals surface area (Å²) in [6.07, 6.45) is 0.553. The minimum atomic E-state index is -3.66. The molecular weight excluding hydrogens is 452 g/mol. The second kappa shape index (κ2) is 7.65. The molecule has 1 N–H and O–H groups in total. The van der Waals surface area contributed by atoms with E-state index in [4.69, 9.17) is 0 Å². The Bertz CT molecular complexity index is 1180. The Labute approximate surface area is 178 Å². The molecule has 1 aliphatic heterocycles. The van der Waals surface area contributed by atoms with E-state index >= 15 is 0 Å². The van der Waals surface area contributed by atoms with Gasteiger partial charge in [-0.3, -0.25) is 9.10 Å². The van der Waals surface area contributed by atoms with Gasteiger partial charge in [0.15, 0.2) is 0 Å². The lowest BCUT2D eigenvalue weighted by atomic mass is 10.1. The molecule has 0 bridgehead atoms. The van der Waals surface area contributed by atoms with Crippen LogP contribution in [0.3, 0.4) is 0 Å². The maximum absolute atomic E-state index is 13.1. The van der Waals surface area contributed by atoms with E-state index in [0.29, 0.717) is 23.4 Å². The van der Waals surface area contributed by atoms with Crippen LogP contribution in [0.2, 0.25) is 0 Å². The fourth-order valence-corrected chi connectivity index (χ4v) is 5.67. The molecule has 7 heteroatoms. The van der Waals surface area contributed by atoms with Gasteiger partial charge in [0, 0.05) is 16.1 Å². The van der Waals surface area contributed by atoms with Gasteiger partial charge in [-0.15, -0.1) is 0 Å². The first-order chi connectivity index (χ1) is 13.9. The lowest BCUT2D eigenvalue weighted by Gasteiger charge is -2.24. The number of anilines is 2. The summed E-state index contributed by atoms with van der Waals surface area (Å²) in [4.78, 5) is 12.9. The molecular formula is C22H19BrN2O3S. The van der Waals surface area contributed by atoms with Gasteiger partial charge in [-0.2, -0.15) is 0 Å². The van der Waals surface area contributed by atoms with Crippen LogP contribution in [0.5, 0.6) is 0 Å². The Morgan fingerprint density at radius 3 is 2.45 bits per heavy atom. The number of para-hydroxylation sites is 1. The number of sulfonamides is 1. The van der Waals surface area contributed by atoms with Gasteiger partial charge in [0.05, 0.1) is 16.3 Å². The summed E-state index contributed by atoms with van der Waals surface area (Å²) in [7, 11) is -3.66. The van der Waals surface area contributed by atoms with Crippen molar-refractivity contribution >= 4 is 43.2 Å². The molecule has 5 nitrogen and oxygen atoms in total. The highest BCUT2D eigenvalue weighted by molar-refractivity contribution is 9.10. The Kier molecular flexibility index (Phi) is 5.19. The topological polar surface area (TPSA) is 66.5 Å². The van der Waals surface area contributed by atoms with Gasteiger partial charge in [0.1, 0.15) is 0 Å². The van der Waals surface area contributed by atoms with Crippen molar-refractivity contribution < 1.29 is 13.2 Å². The molecule has 0 spiro atoms. The number of nitrogens with one attached hydrogen (secondary N) is 1. The van der Waals surface area contributed by atoms with E-state index in [0.717, 1.165) is 10.0 Å². The molecule has 1 aliphatic rings. The zero-order valence-corrected chi connectivity index (χ0v) is 18.1. The Hall–Kier alpha value is -2.64. The second-order valence-corrected chi connectivity index (χ2v) is 9.61. The summed E-state index contributed by atoms with van der Waals surface area (Å²) in [5.74, 6) is -0.239. The minimum absolute atomic E-state index is 0.225. The minimum Gasteiger partial charge on any atom is -0.321 e. The molecule has 0 radical (unpaired) electrons. The number of benzene rings is 3. The number of hydrogen-bond donors (Lipinski definition) is 1. The van der Waals surface area contributed by atoms with Crippen LogP contribution in [0.15, 0.2) is 82.2 Å². The third-order valence-corrected chi connectivity index (χ3v) is 7.55. The summed E-state index contributed by atoms with van der Waals surface area (Å²) in [6.45, 7) is 1.88. The molecule has 1 atom stereocenters. The van der Waals surface area contributed by atoms with Crippen molar-refractivity contribution in [2.75, 3.05) is 9.62 Å². The SMILES string of the molecule is C[C@H]1Cc2cc(C(=O)Nc3ccccc3Br)ccc2N1S(=O)(=O)c1ccccc1. The van der Waals surface area contributed by atoms with Crippen molar-refractivity contribution in [2.45, 2.75) is 24.3 Å². The third-order valence-electron chi connectivity index (χ3n) is 4.92. The highest BCUT2D eigenvalue weighted by Crippen LogP contribution is 2.37. The number of hydrogen-bond acceptors (Lipinski definition) is 3. The van der Waals surface area contributed by atoms with Crippen molar-refractivity contribution in [1.29, 1.82) is 0 Å². The molecule has 4 rings (SSSR count). The zero-order valence-electron chi connectivity index (χ0n) is 15.7. The first-order valence-corrected chi connectivity index (χ1v) is 11.4. The summed E-state index contributed by atoms with van der Waals surface area (Å²) in [6, 6.07) is 20.7. The van der Waals surface area contributed by atoms with E-state index in [1.165, 1.54) is 4.31 Å². The maximum atomic E-state index is 13.1. The van der Waals surface area contributed by atoms with E-state index < -0.39 is 10.0 Å². The summed E-state index contributed by atoms with van der Waals surface area (Å²) < 4.78 is 28.5. The van der Waals surface area contributed by atoms with Crippen molar-refractivity contribution in [2.24, 2.45) is 0 Å². The third kappa shape index (κ3) is 3.68. The van der Waals surface area contributed by atoms with Gasteiger partial charge in [0.25, 0.3) is 15.9 Å². The number of amides is 1. The van der Waals surface area contributed by atoms with Crippen LogP contribution in [-0.4, -0.2) is 20.4 Å². The fourth-order valence-electron chi connectivity index (χ4n) is 3.57. The van der Waals surface area contributed by atoms with E-state index in [1.54, 1.807) is 48.5 Å². The predicted octanol–water partition coefficient (Wildman–Crippen LogP) is 4.84. The van der Waals surface area contributed by atoms with Crippen LogP contribution in [0.25, 0.3) is 0 Å². The number of nitrogens with zero attached hydrogens (tertiary/aromatic N) is 1. The molecule has 3 aromatic rings. The predicted molar refractivity (Wildman–Crippen MR) is 118 cm³/mol. The van der Waals surface area contributed by atoms with E-state index in [1.807, 2.05) is 31.2 Å². The van der Waals surface area contributed by atoms with Gasteiger partial charge in [-0.25, -0.2) is 8.42 Å². The maximum Gasteiger partial charge on any atom is 0.264 e. The van der Waals surface area contributed by atoms with Gasteiger partial charge >= 0.3 is 0 Å². The quantitative estimate of drug-likeness (QED) is 0.592. The zero-order chi connectivity index (χ0) is 20.6. The van der Waals surface area contributed by atoms with Crippen molar-refractivity contribution in [3.8, 4) is 0 Å². The Morgan fingerprint density at radius 2 is 1.72 bits per heavy atom.